The Hall–Kier alpha value is -1.12. The lowest BCUT2D eigenvalue weighted by Crippen LogP contribution is -2.54. The number of carbonyl (C=O) groups excluding carboxylic acids is 1. The van der Waals surface area contributed by atoms with E-state index in [0.29, 0.717) is 26.1 Å². The second-order valence-corrected chi connectivity index (χ2v) is 5.44. The van der Waals surface area contributed by atoms with E-state index >= 15 is 0 Å². The van der Waals surface area contributed by atoms with Gasteiger partial charge in [-0.05, 0) is 25.8 Å². The fourth-order valence-corrected chi connectivity index (χ4v) is 2.89. The molecule has 0 atom stereocenters. The van der Waals surface area contributed by atoms with Crippen LogP contribution in [0.5, 0.6) is 0 Å². The number of rotatable bonds is 3. The van der Waals surface area contributed by atoms with E-state index in [4.69, 9.17) is 4.74 Å². The molecule has 0 bridgehead atoms. The van der Waals surface area contributed by atoms with Gasteiger partial charge in [-0.3, -0.25) is 9.69 Å². The van der Waals surface area contributed by atoms with E-state index in [1.807, 2.05) is 4.90 Å². The van der Waals surface area contributed by atoms with Crippen molar-refractivity contribution >= 4 is 5.91 Å². The average molecular weight is 265 g/mol. The molecule has 0 saturated carbocycles. The molecule has 5 heteroatoms. The summed E-state index contributed by atoms with van der Waals surface area (Å²) in [6.07, 6.45) is 2.22. The van der Waals surface area contributed by atoms with Gasteiger partial charge in [0.25, 0.3) is 0 Å². The summed E-state index contributed by atoms with van der Waals surface area (Å²) in [5, 5.41) is 9.42. The third kappa shape index (κ3) is 3.07. The second kappa shape index (κ2) is 6.36. The van der Waals surface area contributed by atoms with Gasteiger partial charge in [-0.15, -0.1) is 0 Å². The average Bonchev–Trinajstić information content (AvgIpc) is 2.48. The lowest BCUT2D eigenvalue weighted by Gasteiger charge is -2.39. The van der Waals surface area contributed by atoms with Gasteiger partial charge < -0.3 is 9.64 Å². The van der Waals surface area contributed by atoms with Gasteiger partial charge in [0.2, 0.25) is 5.91 Å². The Balaban J connectivity index is 1.95. The Morgan fingerprint density at radius 2 is 1.89 bits per heavy atom. The van der Waals surface area contributed by atoms with Gasteiger partial charge in [0, 0.05) is 39.4 Å². The van der Waals surface area contributed by atoms with Gasteiger partial charge in [-0.25, -0.2) is 0 Å². The van der Waals surface area contributed by atoms with Crippen molar-refractivity contribution in [2.75, 3.05) is 45.9 Å². The normalized spacial score (nSPS) is 23.9. The first-order valence-electron chi connectivity index (χ1n) is 7.22. The molecule has 0 aliphatic carbocycles. The quantitative estimate of drug-likeness (QED) is 0.759. The van der Waals surface area contributed by atoms with Crippen LogP contribution in [0.3, 0.4) is 0 Å². The summed E-state index contributed by atoms with van der Waals surface area (Å²) in [5.41, 5.74) is -0.828. The lowest BCUT2D eigenvalue weighted by atomic mass is 9.80. The summed E-state index contributed by atoms with van der Waals surface area (Å²) in [7, 11) is 0. The maximum absolute atomic E-state index is 12.6. The molecule has 2 heterocycles. The van der Waals surface area contributed by atoms with E-state index in [-0.39, 0.29) is 5.91 Å². The smallest absolute Gasteiger partial charge is 0.243 e. The van der Waals surface area contributed by atoms with Crippen molar-refractivity contribution < 1.29 is 9.53 Å². The van der Waals surface area contributed by atoms with Crippen LogP contribution in [0, 0.1) is 16.7 Å². The lowest BCUT2D eigenvalue weighted by molar-refractivity contribution is -0.145. The van der Waals surface area contributed by atoms with Crippen molar-refractivity contribution in [2.45, 2.75) is 26.2 Å². The van der Waals surface area contributed by atoms with E-state index < -0.39 is 5.41 Å². The molecule has 2 aliphatic heterocycles. The topological polar surface area (TPSA) is 56.6 Å². The SMILES string of the molecule is CCCN1CCN(C(=O)C2(C#N)CCOCC2)CC1. The van der Waals surface area contributed by atoms with Crippen LogP contribution in [0.1, 0.15) is 26.2 Å². The highest BCUT2D eigenvalue weighted by molar-refractivity contribution is 5.85. The van der Waals surface area contributed by atoms with Crippen LogP contribution in [-0.2, 0) is 9.53 Å². The Labute approximate surface area is 115 Å². The molecule has 2 fully saturated rings. The third-order valence-corrected chi connectivity index (χ3v) is 4.17. The molecule has 0 aromatic carbocycles. The number of amides is 1. The summed E-state index contributed by atoms with van der Waals surface area (Å²) in [6, 6.07) is 2.27. The first kappa shape index (κ1) is 14.3. The van der Waals surface area contributed by atoms with E-state index in [1.54, 1.807) is 0 Å². The van der Waals surface area contributed by atoms with Crippen molar-refractivity contribution in [2.24, 2.45) is 5.41 Å². The number of piperazine rings is 1. The van der Waals surface area contributed by atoms with Crippen LogP contribution in [0.2, 0.25) is 0 Å². The van der Waals surface area contributed by atoms with E-state index in [0.717, 1.165) is 39.1 Å². The summed E-state index contributed by atoms with van der Waals surface area (Å²) in [4.78, 5) is 16.9. The van der Waals surface area contributed by atoms with Crippen molar-refractivity contribution in [1.82, 2.24) is 9.80 Å². The van der Waals surface area contributed by atoms with Gasteiger partial charge >= 0.3 is 0 Å². The highest BCUT2D eigenvalue weighted by Crippen LogP contribution is 2.32. The van der Waals surface area contributed by atoms with Gasteiger partial charge in [-0.1, -0.05) is 6.92 Å². The molecule has 0 aromatic heterocycles. The van der Waals surface area contributed by atoms with Gasteiger partial charge in [-0.2, -0.15) is 5.26 Å². The summed E-state index contributed by atoms with van der Waals surface area (Å²) in [6.45, 7) is 7.68. The summed E-state index contributed by atoms with van der Waals surface area (Å²) in [5.74, 6) is 0.0226. The molecule has 2 rings (SSSR count). The predicted octanol–water partition coefficient (Wildman–Crippen LogP) is 0.861. The zero-order chi connectivity index (χ0) is 13.7. The Morgan fingerprint density at radius 1 is 1.26 bits per heavy atom. The number of nitrogens with zero attached hydrogens (tertiary/aromatic N) is 3. The molecule has 0 N–H and O–H groups in total. The zero-order valence-corrected chi connectivity index (χ0v) is 11.7. The second-order valence-electron chi connectivity index (χ2n) is 5.44. The van der Waals surface area contributed by atoms with Crippen LogP contribution < -0.4 is 0 Å². The highest BCUT2D eigenvalue weighted by Gasteiger charge is 2.43. The summed E-state index contributed by atoms with van der Waals surface area (Å²) >= 11 is 0. The van der Waals surface area contributed by atoms with Crippen molar-refractivity contribution in [3.8, 4) is 6.07 Å². The molecule has 0 unspecified atom stereocenters. The van der Waals surface area contributed by atoms with Crippen LogP contribution in [0.15, 0.2) is 0 Å². The van der Waals surface area contributed by atoms with Crippen molar-refractivity contribution in [3.05, 3.63) is 0 Å². The minimum Gasteiger partial charge on any atom is -0.381 e. The maximum Gasteiger partial charge on any atom is 0.243 e. The largest absolute Gasteiger partial charge is 0.381 e. The maximum atomic E-state index is 12.6. The Kier molecular flexibility index (Phi) is 4.78. The number of ether oxygens (including phenoxy) is 1. The molecule has 2 aliphatic rings. The first-order valence-corrected chi connectivity index (χ1v) is 7.22. The van der Waals surface area contributed by atoms with Crippen molar-refractivity contribution in [1.29, 1.82) is 5.26 Å². The van der Waals surface area contributed by atoms with Crippen molar-refractivity contribution in [3.63, 3.8) is 0 Å². The van der Waals surface area contributed by atoms with Crippen LogP contribution >= 0.6 is 0 Å². The van der Waals surface area contributed by atoms with Crippen LogP contribution in [0.4, 0.5) is 0 Å². The summed E-state index contributed by atoms with van der Waals surface area (Å²) < 4.78 is 5.28. The molecule has 1 amide bonds. The molecule has 0 radical (unpaired) electrons. The minimum atomic E-state index is -0.828. The molecule has 0 spiro atoms. The molecule has 5 nitrogen and oxygen atoms in total. The Bertz CT molecular complexity index is 350. The van der Waals surface area contributed by atoms with Crippen LogP contribution in [-0.4, -0.2) is 61.6 Å². The van der Waals surface area contributed by atoms with Gasteiger partial charge in [0.1, 0.15) is 5.41 Å². The van der Waals surface area contributed by atoms with Crippen LogP contribution in [0.25, 0.3) is 0 Å². The van der Waals surface area contributed by atoms with E-state index in [2.05, 4.69) is 17.9 Å². The van der Waals surface area contributed by atoms with Gasteiger partial charge in [0.15, 0.2) is 0 Å². The van der Waals surface area contributed by atoms with Gasteiger partial charge in [0.05, 0.1) is 6.07 Å². The molecule has 106 valence electrons. The standard InChI is InChI=1S/C14H23N3O2/c1-2-5-16-6-8-17(9-7-16)13(18)14(12-15)3-10-19-11-4-14/h2-11H2,1H3. The number of carbonyl (C=O) groups is 1. The van der Waals surface area contributed by atoms with E-state index in [9.17, 15) is 10.1 Å². The molecule has 19 heavy (non-hydrogen) atoms. The third-order valence-electron chi connectivity index (χ3n) is 4.17. The van der Waals surface area contributed by atoms with E-state index in [1.165, 1.54) is 0 Å². The number of hydrogen-bond donors (Lipinski definition) is 0. The monoisotopic (exact) mass is 265 g/mol. The zero-order valence-electron chi connectivity index (χ0n) is 11.7. The molecular weight excluding hydrogens is 242 g/mol. The fraction of sp³-hybridized carbons (Fsp3) is 0.857. The highest BCUT2D eigenvalue weighted by atomic mass is 16.5. The fourth-order valence-electron chi connectivity index (χ4n) is 2.89. The number of hydrogen-bond acceptors (Lipinski definition) is 4. The molecule has 2 saturated heterocycles. The first-order chi connectivity index (χ1) is 9.22. The molecular formula is C14H23N3O2. The number of nitriles is 1. The molecule has 0 aromatic rings. The predicted molar refractivity (Wildman–Crippen MR) is 71.4 cm³/mol. The Morgan fingerprint density at radius 3 is 2.42 bits per heavy atom. The minimum absolute atomic E-state index is 0.0226.